The van der Waals surface area contributed by atoms with E-state index in [2.05, 4.69) is 4.74 Å². The van der Waals surface area contributed by atoms with E-state index >= 15 is 0 Å². The maximum atomic E-state index is 13.2. The van der Waals surface area contributed by atoms with Crippen LogP contribution in [-0.2, 0) is 19.5 Å². The van der Waals surface area contributed by atoms with E-state index in [4.69, 9.17) is 14.7 Å². The number of allylic oxidation sites excluding steroid dienone is 4. The van der Waals surface area contributed by atoms with Gasteiger partial charge in [0, 0.05) is 25.9 Å². The number of hydrogen-bond donors (Lipinski definition) is 2. The molecule has 1 aromatic rings. The van der Waals surface area contributed by atoms with Gasteiger partial charge in [0.2, 0.25) is 10.0 Å². The van der Waals surface area contributed by atoms with Gasteiger partial charge >= 0.3 is 6.36 Å². The molecule has 1 aliphatic carbocycles. The minimum Gasteiger partial charge on any atom is -0.496 e. The zero-order valence-corrected chi connectivity index (χ0v) is 18.4. The molecule has 1 aliphatic heterocycles. The molecule has 0 saturated carbocycles. The molecular formula is C20H23F3N2O7S. The highest BCUT2D eigenvalue weighted by Gasteiger charge is 2.35. The Morgan fingerprint density at radius 1 is 1.15 bits per heavy atom. The highest BCUT2D eigenvalue weighted by molar-refractivity contribution is 7.89. The van der Waals surface area contributed by atoms with Crippen molar-refractivity contribution in [1.82, 2.24) is 9.79 Å². The van der Waals surface area contributed by atoms with Crippen molar-refractivity contribution in [2.24, 2.45) is 0 Å². The van der Waals surface area contributed by atoms with Gasteiger partial charge in [-0.3, -0.25) is 10.0 Å². The number of rotatable bonds is 7. The number of ether oxygens (including phenoxy) is 3. The Bertz CT molecular complexity index is 1050. The van der Waals surface area contributed by atoms with Crippen molar-refractivity contribution < 1.29 is 45.8 Å². The molecule has 0 spiro atoms. The molecule has 1 aromatic carbocycles. The lowest BCUT2D eigenvalue weighted by molar-refractivity contribution is -0.306. The summed E-state index contributed by atoms with van der Waals surface area (Å²) in [7, 11) is -2.81. The molecule has 0 radical (unpaired) electrons. The van der Waals surface area contributed by atoms with Crippen LogP contribution in [0.25, 0.3) is 0 Å². The van der Waals surface area contributed by atoms with Crippen molar-refractivity contribution in [2.75, 3.05) is 20.2 Å². The number of halogens is 3. The van der Waals surface area contributed by atoms with E-state index in [-0.39, 0.29) is 54.0 Å². The normalized spacial score (nSPS) is 18.2. The monoisotopic (exact) mass is 492 g/mol. The molecule has 0 aromatic heterocycles. The van der Waals surface area contributed by atoms with Crippen molar-refractivity contribution in [2.45, 2.75) is 43.0 Å². The summed E-state index contributed by atoms with van der Waals surface area (Å²) in [5.41, 5.74) is 1.13. The van der Waals surface area contributed by atoms with Crippen LogP contribution in [0, 0.1) is 0 Å². The SMILES string of the molecule is COc1cccc(S(=O)(=O)N2CCC(OC3=CC=C(OC(F)(F)F)CC3)CC2)c1C(=O)NO. The second kappa shape index (κ2) is 10.0. The third kappa shape index (κ3) is 5.97. The van der Waals surface area contributed by atoms with Crippen LogP contribution < -0.4 is 10.2 Å². The van der Waals surface area contributed by atoms with Crippen molar-refractivity contribution in [1.29, 1.82) is 0 Å². The smallest absolute Gasteiger partial charge is 0.496 e. The number of hydrogen-bond acceptors (Lipinski definition) is 7. The quantitative estimate of drug-likeness (QED) is 0.444. The van der Waals surface area contributed by atoms with E-state index in [0.29, 0.717) is 18.6 Å². The Labute approximate surface area is 188 Å². The predicted octanol–water partition coefficient (Wildman–Crippen LogP) is 3.08. The molecule has 2 N–H and O–H groups in total. The number of sulfonamides is 1. The van der Waals surface area contributed by atoms with Crippen LogP contribution in [0.3, 0.4) is 0 Å². The van der Waals surface area contributed by atoms with Gasteiger partial charge in [-0.2, -0.15) is 4.31 Å². The summed E-state index contributed by atoms with van der Waals surface area (Å²) >= 11 is 0. The first-order chi connectivity index (χ1) is 15.5. The molecule has 1 amide bonds. The van der Waals surface area contributed by atoms with Crippen molar-refractivity contribution in [3.05, 3.63) is 47.4 Å². The number of nitrogens with one attached hydrogen (secondary N) is 1. The average molecular weight is 492 g/mol. The fourth-order valence-electron chi connectivity index (χ4n) is 3.65. The first-order valence-corrected chi connectivity index (χ1v) is 11.4. The predicted molar refractivity (Wildman–Crippen MR) is 108 cm³/mol. The van der Waals surface area contributed by atoms with Crippen molar-refractivity contribution in [3.8, 4) is 5.75 Å². The number of methoxy groups -OCH3 is 1. The van der Waals surface area contributed by atoms with E-state index in [1.54, 1.807) is 0 Å². The number of carbonyl (C=O) groups is 1. The number of amides is 1. The van der Waals surface area contributed by atoms with Gasteiger partial charge in [-0.05, 0) is 37.1 Å². The largest absolute Gasteiger partial charge is 0.572 e. The third-order valence-electron chi connectivity index (χ3n) is 5.19. The number of alkyl halides is 3. The lowest BCUT2D eigenvalue weighted by Crippen LogP contribution is -2.41. The summed E-state index contributed by atoms with van der Waals surface area (Å²) in [6.45, 7) is 0.214. The first-order valence-electron chi connectivity index (χ1n) is 9.99. The van der Waals surface area contributed by atoms with Gasteiger partial charge in [-0.15, -0.1) is 13.2 Å². The minimum absolute atomic E-state index is 0.00740. The van der Waals surface area contributed by atoms with E-state index in [9.17, 15) is 26.4 Å². The van der Waals surface area contributed by atoms with Crippen LogP contribution in [0.15, 0.2) is 46.8 Å². The Morgan fingerprint density at radius 2 is 1.79 bits per heavy atom. The summed E-state index contributed by atoms with van der Waals surface area (Å²) in [6, 6.07) is 4.08. The Morgan fingerprint density at radius 3 is 2.33 bits per heavy atom. The van der Waals surface area contributed by atoms with Crippen LogP contribution in [0.1, 0.15) is 36.0 Å². The Balaban J connectivity index is 1.66. The summed E-state index contributed by atoms with van der Waals surface area (Å²) < 4.78 is 79.2. The van der Waals surface area contributed by atoms with Gasteiger partial charge in [-0.1, -0.05) is 6.07 Å². The van der Waals surface area contributed by atoms with Crippen LogP contribution in [0.5, 0.6) is 5.75 Å². The van der Waals surface area contributed by atoms with Gasteiger partial charge in [0.25, 0.3) is 5.91 Å². The van der Waals surface area contributed by atoms with Gasteiger partial charge in [0.15, 0.2) is 0 Å². The summed E-state index contributed by atoms with van der Waals surface area (Å²) in [5.74, 6) is -0.722. The van der Waals surface area contributed by atoms with Crippen LogP contribution in [0.4, 0.5) is 13.2 Å². The molecule has 9 nitrogen and oxygen atoms in total. The average Bonchev–Trinajstić information content (AvgIpc) is 2.78. The molecule has 2 aliphatic rings. The molecule has 3 rings (SSSR count). The summed E-state index contributed by atoms with van der Waals surface area (Å²) in [5, 5.41) is 9.02. The number of piperidine rings is 1. The fourth-order valence-corrected chi connectivity index (χ4v) is 5.32. The topological polar surface area (TPSA) is 114 Å². The lowest BCUT2D eigenvalue weighted by Gasteiger charge is -2.32. The second-order valence-electron chi connectivity index (χ2n) is 7.31. The number of benzene rings is 1. The lowest BCUT2D eigenvalue weighted by atomic mass is 10.1. The van der Waals surface area contributed by atoms with Gasteiger partial charge < -0.3 is 14.2 Å². The molecule has 1 fully saturated rings. The van der Waals surface area contributed by atoms with E-state index in [1.807, 2.05) is 0 Å². The number of hydroxylamine groups is 1. The van der Waals surface area contributed by atoms with E-state index in [0.717, 1.165) is 0 Å². The second-order valence-corrected chi connectivity index (χ2v) is 9.22. The summed E-state index contributed by atoms with van der Waals surface area (Å²) in [6.07, 6.45) is -1.45. The maximum Gasteiger partial charge on any atom is 0.572 e. The number of carbonyl (C=O) groups excluding carboxylic acids is 1. The van der Waals surface area contributed by atoms with Gasteiger partial charge in [0.05, 0.1) is 17.8 Å². The fraction of sp³-hybridized carbons (Fsp3) is 0.450. The molecule has 0 atom stereocenters. The maximum absolute atomic E-state index is 13.2. The molecule has 1 heterocycles. The third-order valence-corrected chi connectivity index (χ3v) is 7.13. The van der Waals surface area contributed by atoms with Crippen LogP contribution in [0.2, 0.25) is 0 Å². The van der Waals surface area contributed by atoms with Gasteiger partial charge in [0.1, 0.15) is 23.2 Å². The van der Waals surface area contributed by atoms with E-state index in [1.165, 1.54) is 47.2 Å². The molecule has 0 bridgehead atoms. The zero-order chi connectivity index (χ0) is 24.2. The minimum atomic E-state index is -4.74. The van der Waals surface area contributed by atoms with Crippen molar-refractivity contribution in [3.63, 3.8) is 0 Å². The standard InChI is InChI=1S/C20H23F3N2O7S/c1-30-16-3-2-4-17(18(16)19(26)24-27)33(28,29)25-11-9-14(10-12-25)31-13-5-7-15(8-6-13)32-20(21,22)23/h2-5,7,14,27H,6,8-12H2,1H3,(H,24,26). The number of nitrogens with zero attached hydrogens (tertiary/aromatic N) is 1. The van der Waals surface area contributed by atoms with Crippen LogP contribution >= 0.6 is 0 Å². The Kier molecular flexibility index (Phi) is 7.55. The zero-order valence-electron chi connectivity index (χ0n) is 17.6. The van der Waals surface area contributed by atoms with E-state index < -0.39 is 22.3 Å². The molecule has 1 saturated heterocycles. The molecule has 182 valence electrons. The van der Waals surface area contributed by atoms with Crippen molar-refractivity contribution >= 4 is 15.9 Å². The van der Waals surface area contributed by atoms with Crippen LogP contribution in [-0.4, -0.2) is 56.5 Å². The molecular weight excluding hydrogens is 469 g/mol. The molecule has 0 unspecified atom stereocenters. The van der Waals surface area contributed by atoms with Gasteiger partial charge in [-0.25, -0.2) is 13.9 Å². The molecule has 13 heteroatoms. The highest BCUT2D eigenvalue weighted by Crippen LogP contribution is 2.32. The first kappa shape index (κ1) is 24.9. The Hall–Kier alpha value is -2.77. The molecule has 33 heavy (non-hydrogen) atoms. The highest BCUT2D eigenvalue weighted by atomic mass is 32.2. The summed E-state index contributed by atoms with van der Waals surface area (Å²) in [4.78, 5) is 11.8.